The number of nitrogens with zero attached hydrogens (tertiary/aromatic N) is 3. The fourth-order valence-electron chi connectivity index (χ4n) is 3.41. The standard InChI is InChI=1S/C19H21N3O5/c1-11-6-13(10-20-21-11)19(25)22-5-4-12-7-16(26-2)17(27-3)8-14(12)15(22)9-18(23)24/h6-8,10,15H,4-5,9H2,1-3H3,(H,23,24). The van der Waals surface area contributed by atoms with E-state index >= 15 is 0 Å². The molecule has 0 radical (unpaired) electrons. The molecule has 2 aromatic rings. The first-order chi connectivity index (χ1) is 12.9. The Balaban J connectivity index is 2.04. The van der Waals surface area contributed by atoms with Crippen LogP contribution in [0.5, 0.6) is 11.5 Å². The molecule has 0 saturated carbocycles. The van der Waals surface area contributed by atoms with Gasteiger partial charge in [-0.05, 0) is 42.7 Å². The lowest BCUT2D eigenvalue weighted by Crippen LogP contribution is -2.41. The second-order valence-electron chi connectivity index (χ2n) is 6.35. The van der Waals surface area contributed by atoms with Gasteiger partial charge in [0.15, 0.2) is 11.5 Å². The highest BCUT2D eigenvalue weighted by molar-refractivity contribution is 5.94. The number of carbonyl (C=O) groups is 2. The third kappa shape index (κ3) is 3.69. The summed E-state index contributed by atoms with van der Waals surface area (Å²) in [6, 6.07) is 4.66. The van der Waals surface area contributed by atoms with E-state index in [0.717, 1.165) is 11.1 Å². The summed E-state index contributed by atoms with van der Waals surface area (Å²) in [7, 11) is 3.07. The molecule has 2 heterocycles. The molecule has 1 unspecified atom stereocenters. The van der Waals surface area contributed by atoms with E-state index in [1.807, 2.05) is 6.07 Å². The van der Waals surface area contributed by atoms with E-state index in [1.165, 1.54) is 13.3 Å². The number of amides is 1. The number of carbonyl (C=O) groups excluding carboxylic acids is 1. The normalized spacial score (nSPS) is 15.8. The molecule has 1 atom stereocenters. The number of methoxy groups -OCH3 is 2. The fourth-order valence-corrected chi connectivity index (χ4v) is 3.41. The summed E-state index contributed by atoms with van der Waals surface area (Å²) in [5.41, 5.74) is 2.72. The summed E-state index contributed by atoms with van der Waals surface area (Å²) in [5, 5.41) is 17.1. The lowest BCUT2D eigenvalue weighted by molar-refractivity contribution is -0.138. The number of aryl methyl sites for hydroxylation is 1. The molecule has 3 rings (SSSR count). The first-order valence-electron chi connectivity index (χ1n) is 8.51. The summed E-state index contributed by atoms with van der Waals surface area (Å²) in [5.74, 6) is -0.162. The van der Waals surface area contributed by atoms with Gasteiger partial charge in [0, 0.05) is 6.54 Å². The van der Waals surface area contributed by atoms with Gasteiger partial charge in [0.05, 0.1) is 44.1 Å². The first kappa shape index (κ1) is 18.6. The number of carboxylic acids is 1. The Kier molecular flexibility index (Phi) is 5.25. The molecule has 0 bridgehead atoms. The van der Waals surface area contributed by atoms with Gasteiger partial charge >= 0.3 is 5.97 Å². The molecule has 1 N–H and O–H groups in total. The van der Waals surface area contributed by atoms with E-state index in [0.29, 0.717) is 35.7 Å². The van der Waals surface area contributed by atoms with E-state index in [1.54, 1.807) is 31.1 Å². The Morgan fingerprint density at radius 1 is 1.22 bits per heavy atom. The van der Waals surface area contributed by atoms with Crippen LogP contribution in [-0.2, 0) is 11.2 Å². The molecule has 0 aliphatic carbocycles. The molecule has 8 nitrogen and oxygen atoms in total. The summed E-state index contributed by atoms with van der Waals surface area (Å²) >= 11 is 0. The molecule has 1 aromatic heterocycles. The van der Waals surface area contributed by atoms with Gasteiger partial charge in [-0.1, -0.05) is 0 Å². The zero-order valence-electron chi connectivity index (χ0n) is 15.4. The maximum atomic E-state index is 13.0. The average molecular weight is 371 g/mol. The lowest BCUT2D eigenvalue weighted by Gasteiger charge is -2.37. The van der Waals surface area contributed by atoms with E-state index in [2.05, 4.69) is 10.2 Å². The number of rotatable bonds is 5. The summed E-state index contributed by atoms with van der Waals surface area (Å²) in [4.78, 5) is 26.1. The van der Waals surface area contributed by atoms with Gasteiger partial charge < -0.3 is 19.5 Å². The number of hydrogen-bond acceptors (Lipinski definition) is 6. The monoisotopic (exact) mass is 371 g/mol. The van der Waals surface area contributed by atoms with Crippen molar-refractivity contribution in [1.82, 2.24) is 15.1 Å². The second-order valence-corrected chi connectivity index (χ2v) is 6.35. The minimum absolute atomic E-state index is 0.203. The molecular weight excluding hydrogens is 350 g/mol. The third-order valence-corrected chi connectivity index (χ3v) is 4.66. The van der Waals surface area contributed by atoms with Crippen LogP contribution >= 0.6 is 0 Å². The zero-order chi connectivity index (χ0) is 19.6. The first-order valence-corrected chi connectivity index (χ1v) is 8.51. The van der Waals surface area contributed by atoms with Crippen molar-refractivity contribution in [1.29, 1.82) is 0 Å². The van der Waals surface area contributed by atoms with Crippen LogP contribution in [0.25, 0.3) is 0 Å². The molecular formula is C19H21N3O5. The van der Waals surface area contributed by atoms with Crippen molar-refractivity contribution in [3.63, 3.8) is 0 Å². The van der Waals surface area contributed by atoms with Crippen LogP contribution in [0.1, 0.15) is 39.6 Å². The van der Waals surface area contributed by atoms with Crippen molar-refractivity contribution in [3.8, 4) is 11.5 Å². The van der Waals surface area contributed by atoms with E-state index in [4.69, 9.17) is 9.47 Å². The van der Waals surface area contributed by atoms with Gasteiger partial charge in [-0.3, -0.25) is 9.59 Å². The van der Waals surface area contributed by atoms with Crippen molar-refractivity contribution >= 4 is 11.9 Å². The molecule has 0 fully saturated rings. The maximum absolute atomic E-state index is 13.0. The quantitative estimate of drug-likeness (QED) is 0.858. The number of fused-ring (bicyclic) bond motifs is 1. The molecule has 0 saturated heterocycles. The number of benzene rings is 1. The maximum Gasteiger partial charge on any atom is 0.305 e. The summed E-state index contributed by atoms with van der Waals surface area (Å²) in [6.45, 7) is 2.15. The van der Waals surface area contributed by atoms with Crippen molar-refractivity contribution in [3.05, 3.63) is 46.8 Å². The van der Waals surface area contributed by atoms with E-state index < -0.39 is 12.0 Å². The zero-order valence-corrected chi connectivity index (χ0v) is 15.4. The number of aromatic nitrogens is 2. The van der Waals surface area contributed by atoms with Crippen LogP contribution in [0.4, 0.5) is 0 Å². The van der Waals surface area contributed by atoms with Gasteiger partial charge in [-0.15, -0.1) is 0 Å². The van der Waals surface area contributed by atoms with Crippen molar-refractivity contribution in [2.75, 3.05) is 20.8 Å². The predicted octanol–water partition coefficient (Wildman–Crippen LogP) is 2.02. The highest BCUT2D eigenvalue weighted by atomic mass is 16.5. The molecule has 27 heavy (non-hydrogen) atoms. The third-order valence-electron chi connectivity index (χ3n) is 4.66. The largest absolute Gasteiger partial charge is 0.493 e. The van der Waals surface area contributed by atoms with E-state index in [-0.39, 0.29) is 12.3 Å². The van der Waals surface area contributed by atoms with Crippen LogP contribution in [0.3, 0.4) is 0 Å². The topological polar surface area (TPSA) is 102 Å². The van der Waals surface area contributed by atoms with Gasteiger partial charge in [-0.2, -0.15) is 10.2 Å². The SMILES string of the molecule is COc1cc2c(cc1OC)C(CC(=O)O)N(C(=O)c1cnnc(C)c1)CC2. The Labute approximate surface area is 156 Å². The van der Waals surface area contributed by atoms with Crippen LogP contribution in [-0.4, -0.2) is 52.8 Å². The van der Waals surface area contributed by atoms with Crippen LogP contribution in [0, 0.1) is 6.92 Å². The number of aliphatic carboxylic acids is 1. The van der Waals surface area contributed by atoms with Gasteiger partial charge in [0.2, 0.25) is 0 Å². The molecule has 1 amide bonds. The van der Waals surface area contributed by atoms with Gasteiger partial charge in [0.1, 0.15) is 0 Å². The van der Waals surface area contributed by atoms with Crippen LogP contribution in [0.2, 0.25) is 0 Å². The molecule has 142 valence electrons. The molecule has 8 heteroatoms. The van der Waals surface area contributed by atoms with Crippen LogP contribution in [0.15, 0.2) is 24.4 Å². The molecule has 1 aromatic carbocycles. The number of carboxylic acid groups (broad SMARTS) is 1. The highest BCUT2D eigenvalue weighted by Gasteiger charge is 2.34. The minimum atomic E-state index is -0.982. The molecule has 1 aliphatic rings. The summed E-state index contributed by atoms with van der Waals surface area (Å²) < 4.78 is 10.7. The van der Waals surface area contributed by atoms with Crippen molar-refractivity contribution in [2.45, 2.75) is 25.8 Å². The second kappa shape index (κ2) is 7.61. The summed E-state index contributed by atoms with van der Waals surface area (Å²) in [6.07, 6.45) is 1.79. The average Bonchev–Trinajstić information content (AvgIpc) is 2.66. The molecule has 1 aliphatic heterocycles. The predicted molar refractivity (Wildman–Crippen MR) is 96.0 cm³/mol. The lowest BCUT2D eigenvalue weighted by atomic mass is 9.89. The Morgan fingerprint density at radius 2 is 1.93 bits per heavy atom. The highest BCUT2D eigenvalue weighted by Crippen LogP contribution is 2.39. The Bertz CT molecular complexity index is 884. The van der Waals surface area contributed by atoms with Crippen molar-refractivity contribution < 1.29 is 24.2 Å². The number of hydrogen-bond donors (Lipinski definition) is 1. The van der Waals surface area contributed by atoms with E-state index in [9.17, 15) is 14.7 Å². The fraction of sp³-hybridized carbons (Fsp3) is 0.368. The minimum Gasteiger partial charge on any atom is -0.493 e. The molecule has 0 spiro atoms. The Morgan fingerprint density at radius 3 is 2.56 bits per heavy atom. The van der Waals surface area contributed by atoms with Crippen molar-refractivity contribution in [2.24, 2.45) is 0 Å². The van der Waals surface area contributed by atoms with Gasteiger partial charge in [0.25, 0.3) is 5.91 Å². The smallest absolute Gasteiger partial charge is 0.305 e. The van der Waals surface area contributed by atoms with Crippen LogP contribution < -0.4 is 9.47 Å². The van der Waals surface area contributed by atoms with Gasteiger partial charge in [-0.25, -0.2) is 0 Å². The number of ether oxygens (including phenoxy) is 2. The Hall–Kier alpha value is -3.16.